The minimum atomic E-state index is -0.949. The van der Waals surface area contributed by atoms with Gasteiger partial charge >= 0.3 is 0 Å². The first-order valence-corrected chi connectivity index (χ1v) is 10.00. The number of aryl methyl sites for hydroxylation is 1. The molecule has 7 nitrogen and oxygen atoms in total. The van der Waals surface area contributed by atoms with Crippen LogP contribution in [0.15, 0.2) is 54.9 Å². The fourth-order valence-corrected chi connectivity index (χ4v) is 4.86. The van der Waals surface area contributed by atoms with Crippen LogP contribution in [0.25, 0.3) is 0 Å². The summed E-state index contributed by atoms with van der Waals surface area (Å²) in [5.41, 5.74) is 0.959. The number of carbonyl (C=O) groups is 2. The van der Waals surface area contributed by atoms with Crippen LogP contribution in [0.2, 0.25) is 0 Å². The van der Waals surface area contributed by atoms with Crippen molar-refractivity contribution in [3.05, 3.63) is 77.6 Å². The van der Waals surface area contributed by atoms with Gasteiger partial charge in [0.05, 0.1) is 7.11 Å². The number of aromatic nitrogens is 2. The summed E-state index contributed by atoms with van der Waals surface area (Å²) in [5.74, 6) is -0.375. The number of likely N-dealkylation sites (tertiary alicyclic amines) is 1. The van der Waals surface area contributed by atoms with Crippen molar-refractivity contribution in [1.82, 2.24) is 14.5 Å². The molecule has 1 fully saturated rings. The first-order chi connectivity index (χ1) is 15.0. The highest BCUT2D eigenvalue weighted by Gasteiger charge is 2.60. The number of anilines is 1. The maximum absolute atomic E-state index is 13.9. The first kappa shape index (κ1) is 19.3. The first-order valence-electron chi connectivity index (χ1n) is 10.00. The Morgan fingerprint density at radius 2 is 2.10 bits per heavy atom. The Morgan fingerprint density at radius 1 is 1.29 bits per heavy atom. The molecule has 2 amide bonds. The lowest BCUT2D eigenvalue weighted by atomic mass is 9.74. The van der Waals surface area contributed by atoms with Gasteiger partial charge < -0.3 is 19.5 Å². The Morgan fingerprint density at radius 3 is 2.84 bits per heavy atom. The number of halogens is 1. The van der Waals surface area contributed by atoms with E-state index in [4.69, 9.17) is 4.74 Å². The number of benzene rings is 2. The number of nitrogens with one attached hydrogen (secondary N) is 1. The lowest BCUT2D eigenvalue weighted by molar-refractivity contribution is -0.121. The second-order valence-electron chi connectivity index (χ2n) is 7.87. The van der Waals surface area contributed by atoms with Gasteiger partial charge in [-0.3, -0.25) is 9.59 Å². The smallest absolute Gasteiger partial charge is 0.254 e. The highest BCUT2D eigenvalue weighted by molar-refractivity contribution is 6.08. The van der Waals surface area contributed by atoms with Crippen LogP contribution in [0.1, 0.15) is 34.2 Å². The van der Waals surface area contributed by atoms with Gasteiger partial charge in [-0.25, -0.2) is 9.37 Å². The second kappa shape index (κ2) is 6.94. The molecule has 0 unspecified atom stereocenters. The van der Waals surface area contributed by atoms with Crippen LogP contribution in [0.3, 0.4) is 0 Å². The van der Waals surface area contributed by atoms with Gasteiger partial charge in [0.25, 0.3) is 5.91 Å². The summed E-state index contributed by atoms with van der Waals surface area (Å²) >= 11 is 0. The molecule has 0 aliphatic carbocycles. The monoisotopic (exact) mass is 420 g/mol. The second-order valence-corrected chi connectivity index (χ2v) is 7.87. The highest BCUT2D eigenvalue weighted by Crippen LogP contribution is 2.54. The summed E-state index contributed by atoms with van der Waals surface area (Å²) in [5, 5.41) is 2.98. The third kappa shape index (κ3) is 2.67. The van der Waals surface area contributed by atoms with Gasteiger partial charge in [0.2, 0.25) is 5.91 Å². The molecular weight excluding hydrogens is 399 g/mol. The standard InChI is InChI=1S/C23H21FN4O3/c1-27-12-10-25-20(27)19-23(15-5-3-4-6-17(15)26-22(23)30)9-11-28(19)21(29)14-7-8-16(24)18(13-14)31-2/h3-8,10,12-13,19H,9,11H2,1-2H3,(H,26,30)/t19-,23+/m0/s1. The van der Waals surface area contributed by atoms with Crippen molar-refractivity contribution >= 4 is 17.5 Å². The van der Waals surface area contributed by atoms with E-state index in [1.807, 2.05) is 35.9 Å². The molecule has 1 spiro atoms. The quantitative estimate of drug-likeness (QED) is 0.707. The number of ether oxygens (including phenoxy) is 1. The van der Waals surface area contributed by atoms with Crippen molar-refractivity contribution in [2.75, 3.05) is 19.0 Å². The van der Waals surface area contributed by atoms with E-state index in [2.05, 4.69) is 10.3 Å². The number of para-hydroxylation sites is 1. The summed E-state index contributed by atoms with van der Waals surface area (Å²) in [4.78, 5) is 33.1. The summed E-state index contributed by atoms with van der Waals surface area (Å²) in [6.45, 7) is 0.359. The molecule has 3 aromatic rings. The van der Waals surface area contributed by atoms with E-state index < -0.39 is 17.3 Å². The van der Waals surface area contributed by atoms with Crippen molar-refractivity contribution in [3.63, 3.8) is 0 Å². The van der Waals surface area contributed by atoms with Crippen molar-refractivity contribution in [2.45, 2.75) is 17.9 Å². The molecule has 1 N–H and O–H groups in total. The van der Waals surface area contributed by atoms with Gasteiger partial charge in [-0.2, -0.15) is 0 Å². The lowest BCUT2D eigenvalue weighted by Gasteiger charge is -2.33. The zero-order valence-corrected chi connectivity index (χ0v) is 17.1. The molecule has 31 heavy (non-hydrogen) atoms. The van der Waals surface area contributed by atoms with Crippen LogP contribution in [-0.4, -0.2) is 39.9 Å². The fraction of sp³-hybridized carbons (Fsp3) is 0.261. The molecule has 8 heteroatoms. The van der Waals surface area contributed by atoms with E-state index in [0.717, 1.165) is 11.3 Å². The number of methoxy groups -OCH3 is 1. The fourth-order valence-electron chi connectivity index (χ4n) is 4.86. The van der Waals surface area contributed by atoms with E-state index in [9.17, 15) is 14.0 Å². The van der Waals surface area contributed by atoms with E-state index in [1.54, 1.807) is 17.3 Å². The predicted octanol–water partition coefficient (Wildman–Crippen LogP) is 3.05. The molecular formula is C23H21FN4O3. The minimum absolute atomic E-state index is 0.00254. The van der Waals surface area contributed by atoms with Gasteiger partial charge in [0, 0.05) is 37.2 Å². The third-order valence-corrected chi connectivity index (χ3v) is 6.35. The zero-order valence-electron chi connectivity index (χ0n) is 17.1. The number of imidazole rings is 1. The summed E-state index contributed by atoms with van der Waals surface area (Å²) in [6.07, 6.45) is 3.91. The van der Waals surface area contributed by atoms with Crippen LogP contribution in [0, 0.1) is 5.82 Å². The SMILES string of the molecule is COc1cc(C(=O)N2CC[C@]3(C(=O)Nc4ccccc43)[C@@H]2c2nccn2C)ccc1F. The molecule has 2 aromatic carbocycles. The number of hydrogen-bond donors (Lipinski definition) is 1. The Hall–Kier alpha value is -3.68. The number of carbonyl (C=O) groups excluding carboxylic acids is 2. The van der Waals surface area contributed by atoms with E-state index in [1.165, 1.54) is 25.3 Å². The van der Waals surface area contributed by atoms with Crippen molar-refractivity contribution in [1.29, 1.82) is 0 Å². The minimum Gasteiger partial charge on any atom is -0.494 e. The molecule has 2 aliphatic heterocycles. The highest BCUT2D eigenvalue weighted by atomic mass is 19.1. The topological polar surface area (TPSA) is 76.5 Å². The average molecular weight is 420 g/mol. The average Bonchev–Trinajstić information content (AvgIpc) is 3.45. The number of rotatable bonds is 3. The van der Waals surface area contributed by atoms with Crippen molar-refractivity contribution in [2.24, 2.45) is 7.05 Å². The normalized spacial score (nSPS) is 22.0. The molecule has 0 bridgehead atoms. The molecule has 2 aliphatic rings. The van der Waals surface area contributed by atoms with Gasteiger partial charge in [0.1, 0.15) is 17.3 Å². The molecule has 0 saturated carbocycles. The van der Waals surface area contributed by atoms with Gasteiger partial charge in [-0.15, -0.1) is 0 Å². The maximum Gasteiger partial charge on any atom is 0.254 e. The van der Waals surface area contributed by atoms with Crippen molar-refractivity contribution < 1.29 is 18.7 Å². The molecule has 3 heterocycles. The molecule has 0 radical (unpaired) electrons. The number of nitrogens with zero attached hydrogens (tertiary/aromatic N) is 3. The molecule has 5 rings (SSSR count). The van der Waals surface area contributed by atoms with Crippen molar-refractivity contribution in [3.8, 4) is 5.75 Å². The van der Waals surface area contributed by atoms with Crippen LogP contribution in [0.5, 0.6) is 5.75 Å². The van der Waals surface area contributed by atoms with Gasteiger partial charge in [0.15, 0.2) is 11.6 Å². The van der Waals surface area contributed by atoms with E-state index in [0.29, 0.717) is 24.4 Å². The Kier molecular flexibility index (Phi) is 4.32. The predicted molar refractivity (Wildman–Crippen MR) is 111 cm³/mol. The molecule has 1 saturated heterocycles. The van der Waals surface area contributed by atoms with Crippen LogP contribution >= 0.6 is 0 Å². The Labute approximate surface area is 178 Å². The number of amides is 2. The van der Waals surface area contributed by atoms with Crippen LogP contribution in [0.4, 0.5) is 10.1 Å². The van der Waals surface area contributed by atoms with E-state index >= 15 is 0 Å². The maximum atomic E-state index is 13.9. The van der Waals surface area contributed by atoms with Gasteiger partial charge in [-0.05, 0) is 36.2 Å². The molecule has 2 atom stereocenters. The number of fused-ring (bicyclic) bond motifs is 2. The summed E-state index contributed by atoms with van der Waals surface area (Å²) < 4.78 is 20.8. The molecule has 1 aromatic heterocycles. The Balaban J connectivity index is 1.65. The Bertz CT molecular complexity index is 1210. The summed E-state index contributed by atoms with van der Waals surface area (Å²) in [6, 6.07) is 11.0. The third-order valence-electron chi connectivity index (χ3n) is 6.35. The summed E-state index contributed by atoms with van der Waals surface area (Å²) in [7, 11) is 3.20. The van der Waals surface area contributed by atoms with Crippen LogP contribution in [-0.2, 0) is 17.3 Å². The van der Waals surface area contributed by atoms with E-state index in [-0.39, 0.29) is 17.6 Å². The zero-order chi connectivity index (χ0) is 21.8. The van der Waals surface area contributed by atoms with Crippen LogP contribution < -0.4 is 10.1 Å². The largest absolute Gasteiger partial charge is 0.494 e. The molecule has 158 valence electrons. The van der Waals surface area contributed by atoms with Gasteiger partial charge in [-0.1, -0.05) is 18.2 Å². The lowest BCUT2D eigenvalue weighted by Crippen LogP contribution is -2.43. The number of hydrogen-bond acceptors (Lipinski definition) is 4.